The second kappa shape index (κ2) is 8.46. The minimum absolute atomic E-state index is 0. The predicted molar refractivity (Wildman–Crippen MR) is 107 cm³/mol. The lowest BCUT2D eigenvalue weighted by Crippen LogP contribution is -2.47. The third kappa shape index (κ3) is 4.23. The summed E-state index contributed by atoms with van der Waals surface area (Å²) in [6, 6.07) is 5.70. The highest BCUT2D eigenvalue weighted by molar-refractivity contribution is 5.85. The van der Waals surface area contributed by atoms with Crippen LogP contribution < -0.4 is 5.73 Å². The lowest BCUT2D eigenvalue weighted by Gasteiger charge is -2.39. The molecule has 0 bridgehead atoms. The summed E-state index contributed by atoms with van der Waals surface area (Å²) in [5.41, 5.74) is 5.91. The Balaban J connectivity index is 0.00000280. The Labute approximate surface area is 170 Å². The fraction of sp³-hybridized carbons (Fsp3) is 0.571. The van der Waals surface area contributed by atoms with E-state index in [0.29, 0.717) is 31.5 Å². The number of hydrogen-bond donors (Lipinski definition) is 1. The van der Waals surface area contributed by atoms with E-state index < -0.39 is 17.2 Å². The summed E-state index contributed by atoms with van der Waals surface area (Å²) in [5, 5.41) is 0. The summed E-state index contributed by atoms with van der Waals surface area (Å²) >= 11 is 0. The van der Waals surface area contributed by atoms with Crippen molar-refractivity contribution in [2.75, 3.05) is 13.1 Å². The molecule has 156 valence electrons. The zero-order valence-electron chi connectivity index (χ0n) is 16.3. The molecular formula is C21H28ClF3N2O. The highest BCUT2D eigenvalue weighted by Crippen LogP contribution is 2.46. The number of carbonyl (C=O) groups is 1. The van der Waals surface area contributed by atoms with Gasteiger partial charge >= 0.3 is 6.18 Å². The lowest BCUT2D eigenvalue weighted by molar-refractivity contribution is -0.144. The molecule has 1 heterocycles. The molecule has 7 heteroatoms. The van der Waals surface area contributed by atoms with Gasteiger partial charge in [-0.05, 0) is 48.8 Å². The number of nitrogens with zero attached hydrogens (tertiary/aromatic N) is 1. The van der Waals surface area contributed by atoms with Gasteiger partial charge in [-0.2, -0.15) is 13.2 Å². The van der Waals surface area contributed by atoms with Crippen LogP contribution in [-0.2, 0) is 11.0 Å². The topological polar surface area (TPSA) is 46.3 Å². The van der Waals surface area contributed by atoms with Crippen molar-refractivity contribution in [3.63, 3.8) is 0 Å². The van der Waals surface area contributed by atoms with Gasteiger partial charge in [0.15, 0.2) is 0 Å². The van der Waals surface area contributed by atoms with E-state index >= 15 is 0 Å². The van der Waals surface area contributed by atoms with Gasteiger partial charge in [-0.25, -0.2) is 0 Å². The van der Waals surface area contributed by atoms with Crippen LogP contribution in [0.25, 0.3) is 5.57 Å². The van der Waals surface area contributed by atoms with Gasteiger partial charge in [-0.15, -0.1) is 12.4 Å². The Bertz CT molecular complexity index is 747. The summed E-state index contributed by atoms with van der Waals surface area (Å²) in [6.45, 7) is 4.91. The summed E-state index contributed by atoms with van der Waals surface area (Å²) in [7, 11) is 0. The van der Waals surface area contributed by atoms with Gasteiger partial charge in [0.1, 0.15) is 0 Å². The van der Waals surface area contributed by atoms with Gasteiger partial charge in [-0.3, -0.25) is 4.79 Å². The zero-order chi connectivity index (χ0) is 19.8. The predicted octanol–water partition coefficient (Wildman–Crippen LogP) is 4.90. The number of benzene rings is 1. The third-order valence-electron chi connectivity index (χ3n) is 6.19. The maximum absolute atomic E-state index is 13.3. The van der Waals surface area contributed by atoms with Crippen molar-refractivity contribution in [2.24, 2.45) is 17.1 Å². The molecule has 0 aromatic heterocycles. The highest BCUT2D eigenvalue weighted by Gasteiger charge is 2.48. The molecule has 1 saturated carbocycles. The molecule has 0 unspecified atom stereocenters. The first-order valence-corrected chi connectivity index (χ1v) is 9.56. The molecule has 1 aromatic carbocycles. The first-order chi connectivity index (χ1) is 12.6. The van der Waals surface area contributed by atoms with Gasteiger partial charge < -0.3 is 10.6 Å². The molecule has 2 atom stereocenters. The quantitative estimate of drug-likeness (QED) is 0.762. The number of carbonyl (C=O) groups excluding carboxylic acids is 1. The van der Waals surface area contributed by atoms with Crippen molar-refractivity contribution in [2.45, 2.75) is 51.7 Å². The number of amides is 1. The van der Waals surface area contributed by atoms with Crippen LogP contribution in [0.3, 0.4) is 0 Å². The van der Waals surface area contributed by atoms with E-state index in [2.05, 4.69) is 13.8 Å². The fourth-order valence-electron chi connectivity index (χ4n) is 4.50. The van der Waals surface area contributed by atoms with Crippen LogP contribution in [0, 0.1) is 11.3 Å². The molecule has 2 aliphatic rings. The van der Waals surface area contributed by atoms with Crippen LogP contribution in [0.5, 0.6) is 0 Å². The van der Waals surface area contributed by atoms with E-state index in [1.165, 1.54) is 12.1 Å². The monoisotopic (exact) mass is 416 g/mol. The smallest absolute Gasteiger partial charge is 0.338 e. The molecule has 0 saturated heterocycles. The van der Waals surface area contributed by atoms with Gasteiger partial charge in [0.25, 0.3) is 0 Å². The average Bonchev–Trinajstić information content (AvgIpc) is 3.04. The maximum Gasteiger partial charge on any atom is 0.416 e. The lowest BCUT2D eigenvalue weighted by atomic mass is 9.74. The van der Waals surface area contributed by atoms with Crippen LogP contribution in [-0.4, -0.2) is 29.9 Å². The molecule has 28 heavy (non-hydrogen) atoms. The third-order valence-corrected chi connectivity index (χ3v) is 6.19. The molecule has 1 aliphatic carbocycles. The van der Waals surface area contributed by atoms with Gasteiger partial charge in [0, 0.05) is 19.1 Å². The van der Waals surface area contributed by atoms with Gasteiger partial charge in [0.05, 0.1) is 11.0 Å². The molecule has 1 fully saturated rings. The Hall–Kier alpha value is -1.53. The van der Waals surface area contributed by atoms with E-state index in [9.17, 15) is 18.0 Å². The van der Waals surface area contributed by atoms with Crippen LogP contribution in [0.4, 0.5) is 13.2 Å². The van der Waals surface area contributed by atoms with Crippen LogP contribution >= 0.6 is 12.4 Å². The molecule has 3 rings (SSSR count). The van der Waals surface area contributed by atoms with Crippen LogP contribution in [0.15, 0.2) is 30.3 Å². The largest absolute Gasteiger partial charge is 0.416 e. The van der Waals surface area contributed by atoms with Gasteiger partial charge in [0.2, 0.25) is 5.91 Å². The highest BCUT2D eigenvalue weighted by atomic mass is 35.5. The second-order valence-electron chi connectivity index (χ2n) is 8.09. The summed E-state index contributed by atoms with van der Waals surface area (Å²) in [4.78, 5) is 15.0. The fourth-order valence-corrected chi connectivity index (χ4v) is 4.50. The SMILES string of the molecule is CC(C)[C@]1(C(=O)N2CC=C(c3ccccc3C(F)(F)F)CC2)CC[C@@H](N)C1.Cl. The first-order valence-electron chi connectivity index (χ1n) is 9.56. The normalized spacial score (nSPS) is 25.5. The number of nitrogens with two attached hydrogens (primary N) is 1. The summed E-state index contributed by atoms with van der Waals surface area (Å²) in [6.07, 6.45) is 0.139. The van der Waals surface area contributed by atoms with Crippen molar-refractivity contribution < 1.29 is 18.0 Å². The zero-order valence-corrected chi connectivity index (χ0v) is 17.1. The molecule has 1 amide bonds. The van der Waals surface area contributed by atoms with E-state index in [-0.39, 0.29) is 35.8 Å². The summed E-state index contributed by atoms with van der Waals surface area (Å²) in [5.74, 6) is 0.291. The average molecular weight is 417 g/mol. The number of halogens is 4. The van der Waals surface area contributed by atoms with E-state index in [1.807, 2.05) is 0 Å². The molecule has 3 nitrogen and oxygen atoms in total. The van der Waals surface area contributed by atoms with Crippen molar-refractivity contribution in [1.82, 2.24) is 4.90 Å². The van der Waals surface area contributed by atoms with Crippen molar-refractivity contribution >= 4 is 23.9 Å². The Morgan fingerprint density at radius 3 is 2.46 bits per heavy atom. The Morgan fingerprint density at radius 2 is 1.96 bits per heavy atom. The number of rotatable bonds is 3. The Kier molecular flexibility index (Phi) is 6.87. The minimum Gasteiger partial charge on any atom is -0.338 e. The van der Waals surface area contributed by atoms with Crippen LogP contribution in [0.2, 0.25) is 0 Å². The molecule has 1 aliphatic heterocycles. The minimum atomic E-state index is -4.38. The van der Waals surface area contributed by atoms with Crippen LogP contribution in [0.1, 0.15) is 50.7 Å². The standard InChI is InChI=1S/C21H27F3N2O.ClH/c1-14(2)20(10-7-16(25)13-20)19(27)26-11-8-15(9-12-26)17-5-3-4-6-18(17)21(22,23)24;/h3-6,8,14,16H,7,9-13,25H2,1-2H3;1H/t16-,20+;/m1./s1. The molecule has 0 spiro atoms. The molecule has 2 N–H and O–H groups in total. The Morgan fingerprint density at radius 1 is 1.29 bits per heavy atom. The number of alkyl halides is 3. The van der Waals surface area contributed by atoms with Crippen molar-refractivity contribution in [3.05, 3.63) is 41.5 Å². The maximum atomic E-state index is 13.3. The number of hydrogen-bond acceptors (Lipinski definition) is 2. The first kappa shape index (κ1) is 22.8. The van der Waals surface area contributed by atoms with E-state index in [4.69, 9.17) is 5.73 Å². The van der Waals surface area contributed by atoms with E-state index in [1.54, 1.807) is 17.0 Å². The van der Waals surface area contributed by atoms with Crippen molar-refractivity contribution in [1.29, 1.82) is 0 Å². The molecular weight excluding hydrogens is 389 g/mol. The molecule has 0 radical (unpaired) electrons. The summed E-state index contributed by atoms with van der Waals surface area (Å²) < 4.78 is 39.9. The second-order valence-corrected chi connectivity index (χ2v) is 8.09. The van der Waals surface area contributed by atoms with Crippen molar-refractivity contribution in [3.8, 4) is 0 Å². The molecule has 1 aromatic rings. The van der Waals surface area contributed by atoms with Gasteiger partial charge in [-0.1, -0.05) is 38.1 Å². The van der Waals surface area contributed by atoms with E-state index in [0.717, 1.165) is 18.9 Å².